The van der Waals surface area contributed by atoms with Crippen molar-refractivity contribution in [1.29, 1.82) is 0 Å². The summed E-state index contributed by atoms with van der Waals surface area (Å²) in [6, 6.07) is 5.10. The highest BCUT2D eigenvalue weighted by Crippen LogP contribution is 2.49. The molecule has 1 amide bonds. The number of halogens is 2. The summed E-state index contributed by atoms with van der Waals surface area (Å²) in [7, 11) is 2.78. The van der Waals surface area contributed by atoms with Gasteiger partial charge in [0.1, 0.15) is 23.2 Å². The molecule has 1 heterocycles. The van der Waals surface area contributed by atoms with Gasteiger partial charge in [0.05, 0.1) is 12.7 Å². The molecule has 0 spiro atoms. The second kappa shape index (κ2) is 9.76. The third kappa shape index (κ3) is 5.44. The van der Waals surface area contributed by atoms with E-state index in [1.54, 1.807) is 45.0 Å². The number of nitrogens with zero attached hydrogens (tertiary/aromatic N) is 1. The summed E-state index contributed by atoms with van der Waals surface area (Å²) in [6.07, 6.45) is 0.111. The molecule has 3 rings (SSSR count). The first-order valence-electron chi connectivity index (χ1n) is 10.4. The lowest BCUT2D eigenvalue weighted by Crippen LogP contribution is -2.47. The zero-order valence-electron chi connectivity index (χ0n) is 19.1. The lowest BCUT2D eigenvalue weighted by molar-refractivity contribution is -0.154. The Morgan fingerprint density at radius 1 is 1.09 bits per heavy atom. The van der Waals surface area contributed by atoms with Crippen molar-refractivity contribution in [3.05, 3.63) is 44.5 Å². The second-order valence-corrected chi connectivity index (χ2v) is 10.8. The van der Waals surface area contributed by atoms with Gasteiger partial charge in [-0.3, -0.25) is 9.69 Å². The predicted molar refractivity (Wildman–Crippen MR) is 127 cm³/mol. The number of rotatable bonds is 4. The van der Waals surface area contributed by atoms with E-state index in [0.29, 0.717) is 26.6 Å². The number of hydrogen-bond acceptors (Lipinski definition) is 7. The number of likely N-dealkylation sites (tertiary alicyclic amines) is 1. The van der Waals surface area contributed by atoms with Crippen LogP contribution in [0.4, 0.5) is 4.79 Å². The van der Waals surface area contributed by atoms with E-state index in [1.807, 2.05) is 0 Å². The molecule has 0 radical (unpaired) electrons. The van der Waals surface area contributed by atoms with Crippen LogP contribution in [0.25, 0.3) is 0 Å². The van der Waals surface area contributed by atoms with Crippen LogP contribution >= 0.6 is 31.9 Å². The first-order chi connectivity index (χ1) is 15.4. The molecule has 1 aliphatic carbocycles. The smallest absolute Gasteiger partial charge is 0.414 e. The highest BCUT2D eigenvalue weighted by atomic mass is 79.9. The van der Waals surface area contributed by atoms with E-state index in [4.69, 9.17) is 18.9 Å². The molecule has 8 nitrogen and oxygen atoms in total. The summed E-state index contributed by atoms with van der Waals surface area (Å²) < 4.78 is 23.5. The Kier molecular flexibility index (Phi) is 7.60. The van der Waals surface area contributed by atoms with Gasteiger partial charge in [0, 0.05) is 34.7 Å². The fourth-order valence-electron chi connectivity index (χ4n) is 4.19. The monoisotopic (exact) mass is 587 g/mol. The third-order valence-electron chi connectivity index (χ3n) is 5.60. The van der Waals surface area contributed by atoms with E-state index in [-0.39, 0.29) is 13.0 Å². The van der Waals surface area contributed by atoms with Gasteiger partial charge in [0.25, 0.3) is 0 Å². The Bertz CT molecular complexity index is 967. The van der Waals surface area contributed by atoms with E-state index in [9.17, 15) is 14.4 Å². The first-order valence-corrected chi connectivity index (χ1v) is 12.0. The van der Waals surface area contributed by atoms with Gasteiger partial charge in [-0.2, -0.15) is 0 Å². The molecular weight excluding hydrogens is 562 g/mol. The summed E-state index contributed by atoms with van der Waals surface area (Å²) in [6.45, 7) is 5.60. The summed E-state index contributed by atoms with van der Waals surface area (Å²) >= 11 is 6.73. The van der Waals surface area contributed by atoms with Gasteiger partial charge in [0.15, 0.2) is 0 Å². The van der Waals surface area contributed by atoms with Crippen molar-refractivity contribution in [2.24, 2.45) is 5.41 Å². The van der Waals surface area contributed by atoms with E-state index in [1.165, 1.54) is 19.1 Å². The fourth-order valence-corrected chi connectivity index (χ4v) is 5.48. The largest absolute Gasteiger partial charge is 0.468 e. The number of ether oxygens (including phenoxy) is 4. The molecule has 0 bridgehead atoms. The molecular formula is C23H27Br2NO7. The molecule has 0 unspecified atom stereocenters. The number of methoxy groups -OCH3 is 2. The molecule has 0 N–H and O–H groups in total. The van der Waals surface area contributed by atoms with Crippen molar-refractivity contribution < 1.29 is 33.3 Å². The maximum atomic E-state index is 13.0. The number of amides is 1. The molecule has 3 atom stereocenters. The van der Waals surface area contributed by atoms with E-state index in [0.717, 1.165) is 0 Å². The Balaban J connectivity index is 1.94. The van der Waals surface area contributed by atoms with Crippen LogP contribution in [0.2, 0.25) is 0 Å². The van der Waals surface area contributed by atoms with Crippen LogP contribution in [0, 0.1) is 5.41 Å². The molecule has 180 valence electrons. The Morgan fingerprint density at radius 3 is 2.27 bits per heavy atom. The maximum Gasteiger partial charge on any atom is 0.414 e. The molecule has 10 heteroatoms. The van der Waals surface area contributed by atoms with Crippen LogP contribution in [0.15, 0.2) is 38.9 Å². The molecule has 0 aromatic heterocycles. The van der Waals surface area contributed by atoms with Crippen molar-refractivity contribution in [2.75, 3.05) is 20.8 Å². The molecule has 1 aromatic rings. The Morgan fingerprint density at radius 2 is 1.73 bits per heavy atom. The number of hydrogen-bond donors (Lipinski definition) is 0. The van der Waals surface area contributed by atoms with Crippen molar-refractivity contribution in [3.8, 4) is 0 Å². The number of carbonyl (C=O) groups excluding carboxylic acids is 3. The summed E-state index contributed by atoms with van der Waals surface area (Å²) in [5, 5.41) is 0. The van der Waals surface area contributed by atoms with Crippen molar-refractivity contribution in [1.82, 2.24) is 4.90 Å². The van der Waals surface area contributed by atoms with Gasteiger partial charge in [-0.15, -0.1) is 0 Å². The molecule has 1 saturated heterocycles. The Hall–Kier alpha value is -1.91. The average molecular weight is 589 g/mol. The van der Waals surface area contributed by atoms with Crippen LogP contribution in [-0.4, -0.2) is 61.5 Å². The molecule has 33 heavy (non-hydrogen) atoms. The predicted octanol–water partition coefficient (Wildman–Crippen LogP) is 4.84. The van der Waals surface area contributed by atoms with E-state index >= 15 is 0 Å². The van der Waals surface area contributed by atoms with Crippen LogP contribution in [0.5, 0.6) is 0 Å². The van der Waals surface area contributed by atoms with Gasteiger partial charge in [-0.05, 0) is 51.5 Å². The highest BCUT2D eigenvalue weighted by Gasteiger charge is 2.57. The summed E-state index contributed by atoms with van der Waals surface area (Å²) in [5.74, 6) is -1.05. The van der Waals surface area contributed by atoms with Crippen molar-refractivity contribution >= 4 is 49.9 Å². The minimum atomic E-state index is -1.15. The van der Waals surface area contributed by atoms with Gasteiger partial charge in [-0.25, -0.2) is 9.59 Å². The van der Waals surface area contributed by atoms with Crippen LogP contribution in [-0.2, 0) is 23.7 Å². The first kappa shape index (κ1) is 25.7. The van der Waals surface area contributed by atoms with E-state index < -0.39 is 41.3 Å². The van der Waals surface area contributed by atoms with Gasteiger partial charge >= 0.3 is 18.0 Å². The quantitative estimate of drug-likeness (QED) is 0.367. The lowest BCUT2D eigenvalue weighted by atomic mass is 9.73. The molecule has 1 aliphatic heterocycles. The molecule has 0 saturated carbocycles. The Labute approximate surface area is 209 Å². The number of benzene rings is 1. The van der Waals surface area contributed by atoms with Gasteiger partial charge < -0.3 is 18.9 Å². The standard InChI is InChI=1S/C23H27Br2NO7/c1-22(2,3)33-21(29)26-7-6-23(20(28)31-5)12-17(16(30-4)11-18(23)26)32-19(27)13-8-14(24)10-15(25)9-13/h8-11,16-17H,6-7,12H2,1-5H3/t16-,17+,23+/m1/s1. The van der Waals surface area contributed by atoms with Gasteiger partial charge in [-0.1, -0.05) is 31.9 Å². The summed E-state index contributed by atoms with van der Waals surface area (Å²) in [5.41, 5.74) is -1.05. The lowest BCUT2D eigenvalue weighted by Gasteiger charge is -2.39. The topological polar surface area (TPSA) is 91.4 Å². The van der Waals surface area contributed by atoms with Gasteiger partial charge in [0.2, 0.25) is 0 Å². The number of carbonyl (C=O) groups is 3. The highest BCUT2D eigenvalue weighted by molar-refractivity contribution is 9.11. The van der Waals surface area contributed by atoms with Crippen LogP contribution < -0.4 is 0 Å². The zero-order valence-corrected chi connectivity index (χ0v) is 22.3. The molecule has 1 aromatic carbocycles. The average Bonchev–Trinajstić information content (AvgIpc) is 3.10. The zero-order chi connectivity index (χ0) is 24.6. The van der Waals surface area contributed by atoms with Crippen molar-refractivity contribution in [2.45, 2.75) is 51.4 Å². The number of esters is 2. The minimum Gasteiger partial charge on any atom is -0.468 e. The minimum absolute atomic E-state index is 0.115. The van der Waals surface area contributed by atoms with E-state index in [2.05, 4.69) is 31.9 Å². The third-order valence-corrected chi connectivity index (χ3v) is 6.52. The summed E-state index contributed by atoms with van der Waals surface area (Å²) in [4.78, 5) is 40.2. The SMILES string of the molecule is COC(=O)[C@]12CCN(C(=O)OC(C)(C)C)C1=C[C@@H](OC)[C@@H](OC(=O)c1cc(Br)cc(Br)c1)C2. The second-order valence-electron chi connectivity index (χ2n) is 9.01. The molecule has 1 fully saturated rings. The molecule has 2 aliphatic rings. The normalized spacial score (nSPS) is 24.6. The maximum absolute atomic E-state index is 13.0. The van der Waals surface area contributed by atoms with Crippen LogP contribution in [0.3, 0.4) is 0 Å². The number of fused-ring (bicyclic) bond motifs is 1. The van der Waals surface area contributed by atoms with Crippen LogP contribution in [0.1, 0.15) is 44.0 Å². The van der Waals surface area contributed by atoms with Crippen molar-refractivity contribution in [3.63, 3.8) is 0 Å². The fraction of sp³-hybridized carbons (Fsp3) is 0.522.